The lowest BCUT2D eigenvalue weighted by Crippen LogP contribution is -2.25. The van der Waals surface area contributed by atoms with Gasteiger partial charge in [-0.25, -0.2) is 4.79 Å². The molecule has 2 aromatic rings. The predicted octanol–water partition coefficient (Wildman–Crippen LogP) is 2.12. The number of hydrogen-bond donors (Lipinski definition) is 0. The monoisotopic (exact) mass is 284 g/mol. The second kappa shape index (κ2) is 4.84. The largest absolute Gasteiger partial charge is 0.465 e. The third-order valence-electron chi connectivity index (χ3n) is 3.84. The normalized spacial score (nSPS) is 16.0. The molecule has 21 heavy (non-hydrogen) atoms. The van der Waals surface area contributed by atoms with Crippen molar-refractivity contribution in [2.75, 3.05) is 7.11 Å². The van der Waals surface area contributed by atoms with Crippen LogP contribution in [0.2, 0.25) is 0 Å². The van der Waals surface area contributed by atoms with Crippen LogP contribution < -0.4 is 5.43 Å². The number of aryl methyl sites for hydroxylation is 1. The molecule has 0 bridgehead atoms. The Hall–Kier alpha value is -2.43. The second-order valence-electron chi connectivity index (χ2n) is 5.35. The van der Waals surface area contributed by atoms with E-state index in [0.717, 1.165) is 29.1 Å². The van der Waals surface area contributed by atoms with Crippen LogP contribution in [0.25, 0.3) is 11.4 Å². The number of methoxy groups -OCH3 is 1. The van der Waals surface area contributed by atoms with E-state index in [1.54, 1.807) is 6.20 Å². The number of hydrogen-bond acceptors (Lipinski definition) is 4. The van der Waals surface area contributed by atoms with Gasteiger partial charge in [-0.3, -0.25) is 9.78 Å². The van der Waals surface area contributed by atoms with Gasteiger partial charge in [0.05, 0.1) is 18.5 Å². The van der Waals surface area contributed by atoms with Gasteiger partial charge >= 0.3 is 5.97 Å². The molecule has 2 aromatic heterocycles. The summed E-state index contributed by atoms with van der Waals surface area (Å²) < 4.78 is 6.60. The zero-order valence-corrected chi connectivity index (χ0v) is 12.2. The molecule has 0 aliphatic carbocycles. The van der Waals surface area contributed by atoms with Gasteiger partial charge in [-0.05, 0) is 31.9 Å². The summed E-state index contributed by atoms with van der Waals surface area (Å²) in [7, 11) is 1.27. The molecule has 5 heteroatoms. The van der Waals surface area contributed by atoms with E-state index in [2.05, 4.69) is 22.7 Å². The van der Waals surface area contributed by atoms with Crippen molar-refractivity contribution in [3.63, 3.8) is 0 Å². The number of ether oxygens (including phenoxy) is 1. The highest BCUT2D eigenvalue weighted by atomic mass is 16.5. The summed E-state index contributed by atoms with van der Waals surface area (Å²) in [5, 5.41) is 0. The fraction of sp³-hybridized carbons (Fsp3) is 0.312. The Labute approximate surface area is 122 Å². The molecule has 0 radical (unpaired) electrons. The molecule has 3 heterocycles. The number of esters is 1. The van der Waals surface area contributed by atoms with Crippen molar-refractivity contribution in [1.29, 1.82) is 0 Å². The van der Waals surface area contributed by atoms with Crippen molar-refractivity contribution in [3.05, 3.63) is 51.4 Å². The van der Waals surface area contributed by atoms with E-state index in [4.69, 9.17) is 0 Å². The van der Waals surface area contributed by atoms with E-state index in [-0.39, 0.29) is 17.0 Å². The van der Waals surface area contributed by atoms with E-state index in [1.807, 2.05) is 17.6 Å². The lowest BCUT2D eigenvalue weighted by Gasteiger charge is -2.27. The molecule has 1 aliphatic heterocycles. The van der Waals surface area contributed by atoms with Crippen LogP contribution in [-0.4, -0.2) is 22.6 Å². The van der Waals surface area contributed by atoms with Crippen molar-refractivity contribution in [2.45, 2.75) is 26.3 Å². The molecule has 0 spiro atoms. The Morgan fingerprint density at radius 3 is 2.90 bits per heavy atom. The first-order valence-corrected chi connectivity index (χ1v) is 6.82. The summed E-state index contributed by atoms with van der Waals surface area (Å²) in [5.74, 6) is -0.606. The quantitative estimate of drug-likeness (QED) is 0.753. The molecule has 3 rings (SSSR count). The first-order valence-electron chi connectivity index (χ1n) is 6.82. The van der Waals surface area contributed by atoms with Crippen LogP contribution in [0.1, 0.15) is 34.6 Å². The Bertz CT molecular complexity index is 793. The van der Waals surface area contributed by atoms with E-state index >= 15 is 0 Å². The van der Waals surface area contributed by atoms with Crippen LogP contribution in [0.15, 0.2) is 29.2 Å². The maximum Gasteiger partial charge on any atom is 0.343 e. The van der Waals surface area contributed by atoms with Gasteiger partial charge in [0.25, 0.3) is 0 Å². The topological polar surface area (TPSA) is 61.2 Å². The highest BCUT2D eigenvalue weighted by Crippen LogP contribution is 2.32. The van der Waals surface area contributed by atoms with Gasteiger partial charge in [-0.1, -0.05) is 6.07 Å². The molecule has 1 atom stereocenters. The van der Waals surface area contributed by atoms with Crippen molar-refractivity contribution in [1.82, 2.24) is 9.55 Å². The Kier molecular flexibility index (Phi) is 3.12. The van der Waals surface area contributed by atoms with Gasteiger partial charge in [-0.2, -0.15) is 0 Å². The fourth-order valence-corrected chi connectivity index (χ4v) is 2.76. The highest BCUT2D eigenvalue weighted by Gasteiger charge is 2.24. The molecule has 0 saturated heterocycles. The number of fused-ring (bicyclic) bond motifs is 3. The average Bonchev–Trinajstić information content (AvgIpc) is 2.47. The molecule has 0 aromatic carbocycles. The summed E-state index contributed by atoms with van der Waals surface area (Å²) in [6.07, 6.45) is 2.40. The molecule has 108 valence electrons. The summed E-state index contributed by atoms with van der Waals surface area (Å²) in [4.78, 5) is 28.4. The highest BCUT2D eigenvalue weighted by molar-refractivity contribution is 5.89. The SMILES string of the molecule is COC(=O)c1cn2c(cc1=O)-c1nc(C)ccc1CC2C. The van der Waals surface area contributed by atoms with Crippen LogP contribution in [-0.2, 0) is 11.2 Å². The minimum atomic E-state index is -0.606. The zero-order valence-electron chi connectivity index (χ0n) is 12.2. The van der Waals surface area contributed by atoms with E-state index < -0.39 is 5.97 Å². The third-order valence-corrected chi connectivity index (χ3v) is 3.84. The number of aromatic nitrogens is 2. The molecule has 0 amide bonds. The second-order valence-corrected chi connectivity index (χ2v) is 5.35. The number of carbonyl (C=O) groups excluding carboxylic acids is 1. The van der Waals surface area contributed by atoms with Gasteiger partial charge in [0.2, 0.25) is 0 Å². The standard InChI is InChI=1S/C16H16N2O3/c1-9-4-5-11-6-10(2)18-8-12(16(20)21-3)14(19)7-13(18)15(11)17-9/h4-5,7-8,10H,6H2,1-3H3. The summed E-state index contributed by atoms with van der Waals surface area (Å²) in [6, 6.07) is 5.66. The lowest BCUT2D eigenvalue weighted by atomic mass is 9.96. The first kappa shape index (κ1) is 13.5. The first-order chi connectivity index (χ1) is 10.0. The Morgan fingerprint density at radius 2 is 2.19 bits per heavy atom. The number of carbonyl (C=O) groups is 1. The molecular formula is C16H16N2O3. The molecule has 1 aliphatic rings. The van der Waals surface area contributed by atoms with Crippen molar-refractivity contribution < 1.29 is 9.53 Å². The molecule has 1 unspecified atom stereocenters. The van der Waals surface area contributed by atoms with Crippen molar-refractivity contribution in [3.8, 4) is 11.4 Å². The number of rotatable bonds is 1. The third kappa shape index (κ3) is 2.14. The van der Waals surface area contributed by atoms with Crippen LogP contribution >= 0.6 is 0 Å². The van der Waals surface area contributed by atoms with Crippen LogP contribution in [0.5, 0.6) is 0 Å². The smallest absolute Gasteiger partial charge is 0.343 e. The maximum absolute atomic E-state index is 12.2. The van der Waals surface area contributed by atoms with E-state index in [9.17, 15) is 9.59 Å². The van der Waals surface area contributed by atoms with Crippen LogP contribution in [0.4, 0.5) is 0 Å². The molecule has 5 nitrogen and oxygen atoms in total. The molecular weight excluding hydrogens is 268 g/mol. The average molecular weight is 284 g/mol. The van der Waals surface area contributed by atoms with Gasteiger partial charge < -0.3 is 9.30 Å². The van der Waals surface area contributed by atoms with E-state index in [1.165, 1.54) is 13.2 Å². The summed E-state index contributed by atoms with van der Waals surface area (Å²) in [5.41, 5.74) is 3.32. The zero-order chi connectivity index (χ0) is 15.1. The lowest BCUT2D eigenvalue weighted by molar-refractivity contribution is 0.0598. The molecule has 0 fully saturated rings. The van der Waals surface area contributed by atoms with Gasteiger partial charge in [0, 0.05) is 24.0 Å². The Morgan fingerprint density at radius 1 is 1.43 bits per heavy atom. The summed E-state index contributed by atoms with van der Waals surface area (Å²) in [6.45, 7) is 3.97. The van der Waals surface area contributed by atoms with Gasteiger partial charge in [-0.15, -0.1) is 0 Å². The van der Waals surface area contributed by atoms with Crippen LogP contribution in [0, 0.1) is 6.92 Å². The minimum Gasteiger partial charge on any atom is -0.465 e. The Balaban J connectivity index is 2.27. The summed E-state index contributed by atoms with van der Waals surface area (Å²) >= 11 is 0. The number of pyridine rings is 2. The number of nitrogens with zero attached hydrogens (tertiary/aromatic N) is 2. The van der Waals surface area contributed by atoms with Crippen molar-refractivity contribution >= 4 is 5.97 Å². The van der Waals surface area contributed by atoms with Crippen LogP contribution in [0.3, 0.4) is 0 Å². The molecule has 0 N–H and O–H groups in total. The maximum atomic E-state index is 12.2. The minimum absolute atomic E-state index is 0.0594. The van der Waals surface area contributed by atoms with Gasteiger partial charge in [0.1, 0.15) is 5.56 Å². The van der Waals surface area contributed by atoms with Gasteiger partial charge in [0.15, 0.2) is 5.43 Å². The fourth-order valence-electron chi connectivity index (χ4n) is 2.76. The van der Waals surface area contributed by atoms with E-state index in [0.29, 0.717) is 0 Å². The van der Waals surface area contributed by atoms with Crippen molar-refractivity contribution in [2.24, 2.45) is 0 Å². The molecule has 0 saturated carbocycles. The predicted molar refractivity (Wildman–Crippen MR) is 78.4 cm³/mol.